The van der Waals surface area contributed by atoms with Crippen molar-refractivity contribution < 1.29 is 9.84 Å². The second-order valence-corrected chi connectivity index (χ2v) is 9.69. The van der Waals surface area contributed by atoms with Crippen LogP contribution in [0, 0.1) is 5.92 Å². The number of rotatable bonds is 5. The highest BCUT2D eigenvalue weighted by atomic mass is 32.1. The van der Waals surface area contributed by atoms with Gasteiger partial charge in [0.1, 0.15) is 5.75 Å². The number of hydrogen-bond acceptors (Lipinski definition) is 4. The van der Waals surface area contributed by atoms with Gasteiger partial charge in [-0.25, -0.2) is 4.98 Å². The van der Waals surface area contributed by atoms with Crippen LogP contribution >= 0.6 is 11.3 Å². The number of hydrogen-bond donors (Lipinski definition) is 1. The van der Waals surface area contributed by atoms with Crippen molar-refractivity contribution >= 4 is 32.3 Å². The number of aliphatic hydroxyl groups excluding tert-OH is 1. The molecule has 31 heavy (non-hydrogen) atoms. The molecule has 4 heteroatoms. The number of aromatic nitrogens is 1. The van der Waals surface area contributed by atoms with Crippen molar-refractivity contribution in [3.8, 4) is 17.0 Å². The lowest BCUT2D eigenvalue weighted by atomic mass is 9.88. The van der Waals surface area contributed by atoms with E-state index < -0.39 is 0 Å². The SMILES string of the molecule is CCc1ccc(O[C@H]2CCC[C@@H](C)C2)c2c(CO)cc(-c3csc4ccccc34)nc12. The van der Waals surface area contributed by atoms with Gasteiger partial charge >= 0.3 is 0 Å². The molecule has 1 aliphatic carbocycles. The van der Waals surface area contributed by atoms with E-state index in [4.69, 9.17) is 9.72 Å². The van der Waals surface area contributed by atoms with Crippen molar-refractivity contribution in [1.29, 1.82) is 0 Å². The Morgan fingerprint density at radius 1 is 1.13 bits per heavy atom. The minimum Gasteiger partial charge on any atom is -0.490 e. The summed E-state index contributed by atoms with van der Waals surface area (Å²) in [5.41, 5.74) is 5.10. The summed E-state index contributed by atoms with van der Waals surface area (Å²) in [5, 5.41) is 14.7. The molecule has 2 atom stereocenters. The van der Waals surface area contributed by atoms with Gasteiger partial charge in [0.05, 0.1) is 23.9 Å². The third-order valence-corrected chi connectivity index (χ3v) is 7.54. The average Bonchev–Trinajstić information content (AvgIpc) is 3.23. The third-order valence-electron chi connectivity index (χ3n) is 6.58. The summed E-state index contributed by atoms with van der Waals surface area (Å²) >= 11 is 1.74. The molecule has 1 saturated carbocycles. The molecule has 3 nitrogen and oxygen atoms in total. The molecule has 0 aliphatic heterocycles. The first kappa shape index (κ1) is 20.5. The van der Waals surface area contributed by atoms with Crippen molar-refractivity contribution in [2.75, 3.05) is 0 Å². The second-order valence-electron chi connectivity index (χ2n) is 8.78. The molecule has 160 valence electrons. The molecule has 2 aromatic heterocycles. The molecule has 0 spiro atoms. The van der Waals surface area contributed by atoms with Crippen LogP contribution in [0.15, 0.2) is 47.8 Å². The lowest BCUT2D eigenvalue weighted by Gasteiger charge is -2.28. The quantitative estimate of drug-likeness (QED) is 0.365. The summed E-state index contributed by atoms with van der Waals surface area (Å²) in [6.07, 6.45) is 5.84. The zero-order valence-corrected chi connectivity index (χ0v) is 19.0. The van der Waals surface area contributed by atoms with Crippen LogP contribution in [0.1, 0.15) is 50.7 Å². The molecule has 4 aromatic rings. The van der Waals surface area contributed by atoms with Crippen LogP contribution in [0.25, 0.3) is 32.2 Å². The van der Waals surface area contributed by atoms with Crippen LogP contribution in [-0.2, 0) is 13.0 Å². The third kappa shape index (κ3) is 3.83. The summed E-state index contributed by atoms with van der Waals surface area (Å²) in [6.45, 7) is 4.44. The van der Waals surface area contributed by atoms with Gasteiger partial charge in [-0.3, -0.25) is 0 Å². The zero-order valence-electron chi connectivity index (χ0n) is 18.2. The molecular formula is C27H29NO2S. The fourth-order valence-corrected chi connectivity index (χ4v) is 5.89. The maximum atomic E-state index is 10.3. The van der Waals surface area contributed by atoms with Gasteiger partial charge < -0.3 is 9.84 Å². The van der Waals surface area contributed by atoms with Gasteiger partial charge in [-0.15, -0.1) is 11.3 Å². The predicted molar refractivity (Wildman–Crippen MR) is 130 cm³/mol. The maximum absolute atomic E-state index is 10.3. The molecule has 1 fully saturated rings. The first-order valence-electron chi connectivity index (χ1n) is 11.4. The lowest BCUT2D eigenvalue weighted by molar-refractivity contribution is 0.131. The van der Waals surface area contributed by atoms with E-state index in [1.54, 1.807) is 11.3 Å². The molecule has 2 aromatic carbocycles. The molecule has 0 radical (unpaired) electrons. The molecule has 0 amide bonds. The Labute approximate surface area is 187 Å². The maximum Gasteiger partial charge on any atom is 0.129 e. The average molecular weight is 432 g/mol. The van der Waals surface area contributed by atoms with Crippen LogP contribution in [0.4, 0.5) is 0 Å². The zero-order chi connectivity index (χ0) is 21.4. The molecule has 0 bridgehead atoms. The van der Waals surface area contributed by atoms with Crippen LogP contribution in [0.2, 0.25) is 0 Å². The minimum atomic E-state index is -0.0291. The highest BCUT2D eigenvalue weighted by molar-refractivity contribution is 7.17. The number of aliphatic hydroxyl groups is 1. The molecule has 1 aliphatic rings. The van der Waals surface area contributed by atoms with E-state index in [-0.39, 0.29) is 12.7 Å². The minimum absolute atomic E-state index is 0.0291. The van der Waals surface area contributed by atoms with Gasteiger partial charge in [-0.1, -0.05) is 44.5 Å². The van der Waals surface area contributed by atoms with Gasteiger partial charge in [-0.2, -0.15) is 0 Å². The summed E-state index contributed by atoms with van der Waals surface area (Å²) in [4.78, 5) is 5.13. The largest absolute Gasteiger partial charge is 0.490 e. The van der Waals surface area contributed by atoms with E-state index in [0.29, 0.717) is 5.92 Å². The lowest BCUT2D eigenvalue weighted by Crippen LogP contribution is -2.24. The van der Waals surface area contributed by atoms with E-state index in [0.717, 1.165) is 52.7 Å². The predicted octanol–water partition coefficient (Wildman–Crippen LogP) is 7.13. The van der Waals surface area contributed by atoms with E-state index in [1.807, 2.05) is 6.07 Å². The monoisotopic (exact) mass is 431 g/mol. The number of nitrogens with zero attached hydrogens (tertiary/aromatic N) is 1. The Bertz CT molecular complexity index is 1230. The molecule has 2 heterocycles. The number of thiophene rings is 1. The number of fused-ring (bicyclic) bond motifs is 2. The van der Waals surface area contributed by atoms with E-state index in [2.05, 4.69) is 55.6 Å². The number of aryl methyl sites for hydroxylation is 1. The van der Waals surface area contributed by atoms with E-state index >= 15 is 0 Å². The first-order valence-corrected chi connectivity index (χ1v) is 12.3. The van der Waals surface area contributed by atoms with E-state index in [1.165, 1.54) is 28.5 Å². The number of pyridine rings is 1. The highest BCUT2D eigenvalue weighted by Gasteiger charge is 2.23. The van der Waals surface area contributed by atoms with Crippen molar-refractivity contribution in [1.82, 2.24) is 4.98 Å². The van der Waals surface area contributed by atoms with Crippen LogP contribution in [-0.4, -0.2) is 16.2 Å². The summed E-state index contributed by atoms with van der Waals surface area (Å²) in [6, 6.07) is 14.7. The normalized spacial score (nSPS) is 19.2. The number of benzene rings is 2. The van der Waals surface area contributed by atoms with Crippen LogP contribution < -0.4 is 4.74 Å². The van der Waals surface area contributed by atoms with Gasteiger partial charge in [0.15, 0.2) is 0 Å². The Kier molecular flexibility index (Phi) is 5.68. The standard InChI is InChI=1S/C27H29NO2S/c1-3-18-11-12-24(30-20-8-6-7-17(2)13-20)26-19(15-29)14-23(28-27(18)26)22-16-31-25-10-5-4-9-21(22)25/h4-5,9-12,14,16-17,20,29H,3,6-8,13,15H2,1-2H3/t17-,20+/m1/s1. The van der Waals surface area contributed by atoms with Crippen molar-refractivity contribution in [2.24, 2.45) is 5.92 Å². The molecule has 0 unspecified atom stereocenters. The van der Waals surface area contributed by atoms with Gasteiger partial charge in [-0.05, 0) is 60.9 Å². The van der Waals surface area contributed by atoms with Crippen molar-refractivity contribution in [2.45, 2.75) is 58.7 Å². The smallest absolute Gasteiger partial charge is 0.129 e. The van der Waals surface area contributed by atoms with Crippen LogP contribution in [0.3, 0.4) is 0 Å². The van der Waals surface area contributed by atoms with Crippen molar-refractivity contribution in [3.63, 3.8) is 0 Å². The van der Waals surface area contributed by atoms with Crippen LogP contribution in [0.5, 0.6) is 5.75 Å². The molecule has 0 saturated heterocycles. The summed E-state index contributed by atoms with van der Waals surface area (Å²) in [7, 11) is 0. The van der Waals surface area contributed by atoms with Gasteiger partial charge in [0.2, 0.25) is 0 Å². The highest BCUT2D eigenvalue weighted by Crippen LogP contribution is 2.39. The Morgan fingerprint density at radius 2 is 2.00 bits per heavy atom. The topological polar surface area (TPSA) is 42.4 Å². The fraction of sp³-hybridized carbons (Fsp3) is 0.370. The Morgan fingerprint density at radius 3 is 2.81 bits per heavy atom. The molecule has 1 N–H and O–H groups in total. The van der Waals surface area contributed by atoms with Crippen molar-refractivity contribution in [3.05, 3.63) is 59.0 Å². The Balaban J connectivity index is 1.66. The second kappa shape index (κ2) is 8.60. The fourth-order valence-electron chi connectivity index (χ4n) is 4.93. The first-order chi connectivity index (χ1) is 15.2. The summed E-state index contributed by atoms with van der Waals surface area (Å²) < 4.78 is 7.79. The van der Waals surface area contributed by atoms with E-state index in [9.17, 15) is 5.11 Å². The Hall–Kier alpha value is -2.43. The van der Waals surface area contributed by atoms with Gasteiger partial charge in [0.25, 0.3) is 0 Å². The molecular weight excluding hydrogens is 402 g/mol. The number of ether oxygens (including phenoxy) is 1. The molecule has 5 rings (SSSR count). The summed E-state index contributed by atoms with van der Waals surface area (Å²) in [5.74, 6) is 1.57. The van der Waals surface area contributed by atoms with Gasteiger partial charge in [0, 0.05) is 26.4 Å².